The molecule has 4 nitrogen and oxygen atoms in total. The fourth-order valence-corrected chi connectivity index (χ4v) is 3.22. The summed E-state index contributed by atoms with van der Waals surface area (Å²) < 4.78 is 23.9. The van der Waals surface area contributed by atoms with Crippen LogP contribution in [0, 0.1) is 0 Å². The van der Waals surface area contributed by atoms with Gasteiger partial charge in [-0.25, -0.2) is 10.1 Å². The van der Waals surface area contributed by atoms with Crippen molar-refractivity contribution >= 4 is 39.6 Å². The molecule has 0 spiro atoms. The summed E-state index contributed by atoms with van der Waals surface area (Å²) in [5, 5.41) is 0. The first-order chi connectivity index (χ1) is 8.98. The second-order valence-corrected chi connectivity index (χ2v) is 6.74. The van der Waals surface area contributed by atoms with Crippen LogP contribution in [0.25, 0.3) is 0 Å². The summed E-state index contributed by atoms with van der Waals surface area (Å²) in [4.78, 5) is 0. The van der Waals surface area contributed by atoms with E-state index in [0.717, 1.165) is 0 Å². The van der Waals surface area contributed by atoms with E-state index < -0.39 is 7.75 Å². The fourth-order valence-electron chi connectivity index (χ4n) is 1.33. The Hall–Kier alpha value is -0.810. The van der Waals surface area contributed by atoms with Crippen LogP contribution >= 0.6 is 39.6 Å². The summed E-state index contributed by atoms with van der Waals surface area (Å²) in [7, 11) is -3.75. The van der Waals surface area contributed by atoms with E-state index in [1.54, 1.807) is 36.4 Å². The zero-order valence-electron chi connectivity index (χ0n) is 9.62. The van der Waals surface area contributed by atoms with Crippen LogP contribution in [0.4, 0.5) is 0 Å². The van der Waals surface area contributed by atoms with E-state index >= 15 is 0 Å². The second kappa shape index (κ2) is 6.09. The van der Waals surface area contributed by atoms with E-state index in [0.29, 0.717) is 20.4 Å². The Morgan fingerprint density at radius 1 is 0.842 bits per heavy atom. The van der Waals surface area contributed by atoms with Crippen LogP contribution in [0.2, 0.25) is 0 Å². The quantitative estimate of drug-likeness (QED) is 0.745. The summed E-state index contributed by atoms with van der Waals surface area (Å²) in [6.45, 7) is 0. The van der Waals surface area contributed by atoms with Crippen molar-refractivity contribution < 1.29 is 13.6 Å². The van der Waals surface area contributed by atoms with Gasteiger partial charge in [-0.05, 0) is 56.1 Å². The maximum absolute atomic E-state index is 12.1. The lowest BCUT2D eigenvalue weighted by Crippen LogP contribution is -2.09. The van der Waals surface area contributed by atoms with Crippen molar-refractivity contribution in [3.05, 3.63) is 57.5 Å². The zero-order chi connectivity index (χ0) is 13.9. The maximum Gasteiger partial charge on any atom is 0.510 e. The average Bonchev–Trinajstić information content (AvgIpc) is 2.35. The van der Waals surface area contributed by atoms with Crippen molar-refractivity contribution in [3.63, 3.8) is 0 Å². The fraction of sp³-hybridized carbons (Fsp3) is 0. The summed E-state index contributed by atoms with van der Waals surface area (Å²) in [5.41, 5.74) is 5.59. The third kappa shape index (κ3) is 4.08. The van der Waals surface area contributed by atoms with Gasteiger partial charge < -0.3 is 9.05 Å². The van der Waals surface area contributed by atoms with E-state index in [1.807, 2.05) is 12.1 Å². The van der Waals surface area contributed by atoms with Crippen molar-refractivity contribution in [2.24, 2.45) is 5.50 Å². The van der Waals surface area contributed by atoms with Gasteiger partial charge in [-0.3, -0.25) is 0 Å². The predicted molar refractivity (Wildman–Crippen MR) is 81.3 cm³/mol. The molecule has 2 rings (SSSR count). The van der Waals surface area contributed by atoms with E-state index in [-0.39, 0.29) is 0 Å². The van der Waals surface area contributed by atoms with Gasteiger partial charge in [0.2, 0.25) is 0 Å². The Morgan fingerprint density at radius 2 is 1.21 bits per heavy atom. The highest BCUT2D eigenvalue weighted by Crippen LogP contribution is 2.44. The number of hydrogen-bond acceptors (Lipinski definition) is 3. The molecule has 2 aromatic rings. The molecule has 0 saturated carbocycles. The van der Waals surface area contributed by atoms with Gasteiger partial charge >= 0.3 is 7.75 Å². The molecule has 0 amide bonds. The Labute approximate surface area is 127 Å². The van der Waals surface area contributed by atoms with Crippen LogP contribution in [0.1, 0.15) is 0 Å². The number of hydrogen-bond donors (Lipinski definition) is 1. The molecule has 2 N–H and O–H groups in total. The molecule has 0 aliphatic carbocycles. The van der Waals surface area contributed by atoms with E-state index in [2.05, 4.69) is 31.9 Å². The normalized spacial score (nSPS) is 11.1. The van der Waals surface area contributed by atoms with Crippen LogP contribution in [0.3, 0.4) is 0 Å². The number of benzene rings is 2. The number of para-hydroxylation sites is 2. The Balaban J connectivity index is 2.18. The van der Waals surface area contributed by atoms with Gasteiger partial charge in [0.05, 0.1) is 8.95 Å². The second-order valence-electron chi connectivity index (χ2n) is 3.58. The highest BCUT2D eigenvalue weighted by Gasteiger charge is 2.24. The topological polar surface area (TPSA) is 61.6 Å². The van der Waals surface area contributed by atoms with Crippen LogP contribution < -0.4 is 14.6 Å². The molecule has 0 aliphatic heterocycles. The summed E-state index contributed by atoms with van der Waals surface area (Å²) >= 11 is 6.56. The maximum atomic E-state index is 12.1. The third-order valence-corrected chi connectivity index (χ3v) is 4.34. The molecular weight excluding hydrogens is 397 g/mol. The van der Waals surface area contributed by atoms with Gasteiger partial charge in [-0.1, -0.05) is 24.3 Å². The number of nitrogens with two attached hydrogens (primary N) is 1. The van der Waals surface area contributed by atoms with Crippen molar-refractivity contribution in [1.82, 2.24) is 0 Å². The van der Waals surface area contributed by atoms with Crippen molar-refractivity contribution in [2.75, 3.05) is 0 Å². The largest absolute Gasteiger partial charge is 0.510 e. The van der Waals surface area contributed by atoms with E-state index in [4.69, 9.17) is 14.6 Å². The molecule has 0 aliphatic rings. The highest BCUT2D eigenvalue weighted by molar-refractivity contribution is 9.10. The minimum absolute atomic E-state index is 0.361. The monoisotopic (exact) mass is 405 g/mol. The van der Waals surface area contributed by atoms with Crippen LogP contribution in [0.5, 0.6) is 11.5 Å². The first kappa shape index (κ1) is 14.6. The lowest BCUT2D eigenvalue weighted by atomic mass is 10.3. The van der Waals surface area contributed by atoms with Crippen LogP contribution in [0.15, 0.2) is 57.5 Å². The van der Waals surface area contributed by atoms with Crippen molar-refractivity contribution in [1.29, 1.82) is 0 Å². The van der Waals surface area contributed by atoms with Gasteiger partial charge in [-0.15, -0.1) is 0 Å². The van der Waals surface area contributed by atoms with Gasteiger partial charge in [0.25, 0.3) is 0 Å². The average molecular weight is 407 g/mol. The summed E-state index contributed by atoms with van der Waals surface area (Å²) in [5.74, 6) is 0.723. The standard InChI is InChI=1S/C12H10Br2NO3P/c13-9-5-1-3-7-11(9)17-19(15,16)18-12-8-4-2-6-10(12)14/h1-8H,(H2,15,16). The molecular formula is C12H10Br2NO3P. The van der Waals surface area contributed by atoms with E-state index in [1.165, 1.54) is 0 Å². The molecule has 19 heavy (non-hydrogen) atoms. The minimum Gasteiger partial charge on any atom is -0.403 e. The van der Waals surface area contributed by atoms with Gasteiger partial charge in [-0.2, -0.15) is 0 Å². The SMILES string of the molecule is NP(=O)(Oc1ccccc1Br)Oc1ccccc1Br. The molecule has 0 atom stereocenters. The van der Waals surface area contributed by atoms with Crippen molar-refractivity contribution in [3.8, 4) is 11.5 Å². The summed E-state index contributed by atoms with van der Waals surface area (Å²) in [6, 6.07) is 13.9. The van der Waals surface area contributed by atoms with Gasteiger partial charge in [0.15, 0.2) is 0 Å². The molecule has 0 heterocycles. The molecule has 0 radical (unpaired) electrons. The molecule has 0 fully saturated rings. The molecule has 7 heteroatoms. The number of halogens is 2. The zero-order valence-corrected chi connectivity index (χ0v) is 13.7. The molecule has 0 unspecified atom stereocenters. The Kier molecular flexibility index (Phi) is 4.68. The Bertz CT molecular complexity index is 584. The molecule has 2 aromatic carbocycles. The lowest BCUT2D eigenvalue weighted by Gasteiger charge is -2.16. The minimum atomic E-state index is -3.75. The number of rotatable bonds is 4. The Morgan fingerprint density at radius 3 is 1.58 bits per heavy atom. The lowest BCUT2D eigenvalue weighted by molar-refractivity contribution is 0.385. The van der Waals surface area contributed by atoms with E-state index in [9.17, 15) is 4.57 Å². The third-order valence-electron chi connectivity index (χ3n) is 2.12. The van der Waals surface area contributed by atoms with Crippen LogP contribution in [-0.4, -0.2) is 0 Å². The first-order valence-electron chi connectivity index (χ1n) is 5.25. The first-order valence-corrected chi connectivity index (χ1v) is 8.44. The molecule has 0 bridgehead atoms. The van der Waals surface area contributed by atoms with Crippen LogP contribution in [-0.2, 0) is 4.57 Å². The molecule has 100 valence electrons. The van der Waals surface area contributed by atoms with Gasteiger partial charge in [0, 0.05) is 0 Å². The molecule has 0 saturated heterocycles. The molecule has 0 aromatic heterocycles. The van der Waals surface area contributed by atoms with Gasteiger partial charge in [0.1, 0.15) is 11.5 Å². The van der Waals surface area contributed by atoms with Crippen molar-refractivity contribution in [2.45, 2.75) is 0 Å². The summed E-state index contributed by atoms with van der Waals surface area (Å²) in [6.07, 6.45) is 0. The predicted octanol–water partition coefficient (Wildman–Crippen LogP) is 4.74. The highest BCUT2D eigenvalue weighted by atomic mass is 79.9. The smallest absolute Gasteiger partial charge is 0.403 e.